The number of ether oxygens (including phenoxy) is 2. The third kappa shape index (κ3) is 5.38. The van der Waals surface area contributed by atoms with E-state index in [1.54, 1.807) is 32.4 Å². The largest absolute Gasteiger partial charge is 0.497 e. The zero-order chi connectivity index (χ0) is 23.0. The van der Waals surface area contributed by atoms with Gasteiger partial charge in [0.1, 0.15) is 11.5 Å². The predicted octanol–water partition coefficient (Wildman–Crippen LogP) is 4.59. The standard InChI is InChI=1S/C26H25N3O4/c1-31-20-13-14-21(23(15-20)32-2)26-28-25(33-29-26)17-27-24(30)16-22(18-9-5-3-6-10-18)19-11-7-4-8-12-19/h3-15,22H,16-17H2,1-2H3,(H,27,30). The quantitative estimate of drug-likeness (QED) is 0.407. The fourth-order valence-corrected chi connectivity index (χ4v) is 3.65. The number of benzene rings is 3. The van der Waals surface area contributed by atoms with Gasteiger partial charge < -0.3 is 19.3 Å². The number of carbonyl (C=O) groups excluding carboxylic acids is 1. The van der Waals surface area contributed by atoms with Gasteiger partial charge in [0.25, 0.3) is 0 Å². The first-order valence-electron chi connectivity index (χ1n) is 10.6. The van der Waals surface area contributed by atoms with Crippen LogP contribution in [0.4, 0.5) is 0 Å². The van der Waals surface area contributed by atoms with E-state index in [0.717, 1.165) is 11.1 Å². The first kappa shape index (κ1) is 22.1. The highest BCUT2D eigenvalue weighted by Crippen LogP contribution is 2.31. The minimum atomic E-state index is -0.102. The van der Waals surface area contributed by atoms with Crippen molar-refractivity contribution in [2.45, 2.75) is 18.9 Å². The summed E-state index contributed by atoms with van der Waals surface area (Å²) in [5, 5.41) is 6.92. The molecule has 0 bridgehead atoms. The molecule has 4 rings (SSSR count). The molecule has 1 N–H and O–H groups in total. The van der Waals surface area contributed by atoms with Gasteiger partial charge in [0.05, 0.1) is 26.3 Å². The number of hydrogen-bond acceptors (Lipinski definition) is 6. The highest BCUT2D eigenvalue weighted by molar-refractivity contribution is 5.77. The lowest BCUT2D eigenvalue weighted by Crippen LogP contribution is -2.25. The molecule has 1 heterocycles. The van der Waals surface area contributed by atoms with E-state index in [4.69, 9.17) is 14.0 Å². The van der Waals surface area contributed by atoms with Gasteiger partial charge in [-0.05, 0) is 23.3 Å². The van der Waals surface area contributed by atoms with Gasteiger partial charge >= 0.3 is 0 Å². The summed E-state index contributed by atoms with van der Waals surface area (Å²) in [6.45, 7) is 0.139. The molecule has 33 heavy (non-hydrogen) atoms. The number of nitrogens with one attached hydrogen (secondary N) is 1. The number of methoxy groups -OCH3 is 2. The van der Waals surface area contributed by atoms with Crippen molar-refractivity contribution in [3.8, 4) is 22.9 Å². The Bertz CT molecular complexity index is 1150. The Balaban J connectivity index is 1.43. The van der Waals surface area contributed by atoms with E-state index in [0.29, 0.717) is 35.2 Å². The summed E-state index contributed by atoms with van der Waals surface area (Å²) >= 11 is 0. The SMILES string of the molecule is COc1ccc(-c2noc(CNC(=O)CC(c3ccccc3)c3ccccc3)n2)c(OC)c1. The van der Waals surface area contributed by atoms with Crippen LogP contribution in [0.1, 0.15) is 29.4 Å². The van der Waals surface area contributed by atoms with E-state index in [9.17, 15) is 4.79 Å². The maximum Gasteiger partial charge on any atom is 0.246 e. The van der Waals surface area contributed by atoms with E-state index in [-0.39, 0.29) is 18.4 Å². The zero-order valence-electron chi connectivity index (χ0n) is 18.5. The van der Waals surface area contributed by atoms with Crippen LogP contribution in [0.5, 0.6) is 11.5 Å². The van der Waals surface area contributed by atoms with Crippen LogP contribution in [-0.2, 0) is 11.3 Å². The Morgan fingerprint density at radius 1 is 0.939 bits per heavy atom. The van der Waals surface area contributed by atoms with E-state index in [1.807, 2.05) is 60.7 Å². The number of aromatic nitrogens is 2. The van der Waals surface area contributed by atoms with Gasteiger partial charge in [-0.25, -0.2) is 0 Å². The number of hydrogen-bond donors (Lipinski definition) is 1. The van der Waals surface area contributed by atoms with Crippen molar-refractivity contribution >= 4 is 5.91 Å². The van der Waals surface area contributed by atoms with Gasteiger partial charge in [-0.1, -0.05) is 65.8 Å². The Hall–Kier alpha value is -4.13. The lowest BCUT2D eigenvalue weighted by atomic mass is 9.88. The van der Waals surface area contributed by atoms with Crippen LogP contribution in [0.3, 0.4) is 0 Å². The molecular weight excluding hydrogens is 418 g/mol. The second kappa shape index (κ2) is 10.5. The first-order valence-corrected chi connectivity index (χ1v) is 10.6. The molecule has 0 aliphatic rings. The number of amides is 1. The highest BCUT2D eigenvalue weighted by atomic mass is 16.5. The highest BCUT2D eigenvalue weighted by Gasteiger charge is 2.19. The molecule has 3 aromatic carbocycles. The maximum atomic E-state index is 12.8. The molecular formula is C26H25N3O4. The second-order valence-corrected chi connectivity index (χ2v) is 7.43. The van der Waals surface area contributed by atoms with Crippen LogP contribution in [0.2, 0.25) is 0 Å². The fourth-order valence-electron chi connectivity index (χ4n) is 3.65. The van der Waals surface area contributed by atoms with E-state index in [1.165, 1.54) is 0 Å². The van der Waals surface area contributed by atoms with Crippen LogP contribution >= 0.6 is 0 Å². The summed E-state index contributed by atoms with van der Waals surface area (Å²) in [5.41, 5.74) is 2.85. The smallest absolute Gasteiger partial charge is 0.246 e. The molecule has 4 aromatic rings. The monoisotopic (exact) mass is 443 g/mol. The molecule has 7 nitrogen and oxygen atoms in total. The van der Waals surface area contributed by atoms with Crippen LogP contribution in [0, 0.1) is 0 Å². The summed E-state index contributed by atoms with van der Waals surface area (Å²) < 4.78 is 16.0. The molecule has 0 saturated heterocycles. The maximum absolute atomic E-state index is 12.8. The van der Waals surface area contributed by atoms with Gasteiger partial charge in [-0.2, -0.15) is 4.98 Å². The van der Waals surface area contributed by atoms with Gasteiger partial charge in [-0.15, -0.1) is 0 Å². The van der Waals surface area contributed by atoms with Crippen molar-refractivity contribution in [1.82, 2.24) is 15.5 Å². The summed E-state index contributed by atoms with van der Waals surface area (Å²) in [4.78, 5) is 17.2. The summed E-state index contributed by atoms with van der Waals surface area (Å²) in [5.74, 6) is 1.78. The molecule has 1 aromatic heterocycles. The fraction of sp³-hybridized carbons (Fsp3) is 0.192. The minimum absolute atomic E-state index is 0.0470. The van der Waals surface area contributed by atoms with Crippen molar-refractivity contribution in [3.05, 3.63) is 95.9 Å². The molecule has 0 atom stereocenters. The molecule has 0 fully saturated rings. The zero-order valence-corrected chi connectivity index (χ0v) is 18.5. The van der Waals surface area contributed by atoms with Crippen molar-refractivity contribution in [2.24, 2.45) is 0 Å². The Morgan fingerprint density at radius 3 is 2.21 bits per heavy atom. The summed E-state index contributed by atoms with van der Waals surface area (Å²) in [7, 11) is 3.15. The van der Waals surface area contributed by atoms with Gasteiger partial charge in [-0.3, -0.25) is 4.79 Å². The molecule has 1 amide bonds. The molecule has 168 valence electrons. The Labute approximate surface area is 192 Å². The predicted molar refractivity (Wildman–Crippen MR) is 124 cm³/mol. The average molecular weight is 444 g/mol. The van der Waals surface area contributed by atoms with Crippen molar-refractivity contribution < 1.29 is 18.8 Å². The molecule has 0 unspecified atom stereocenters. The van der Waals surface area contributed by atoms with Crippen LogP contribution in [-0.4, -0.2) is 30.3 Å². The van der Waals surface area contributed by atoms with E-state index < -0.39 is 0 Å². The van der Waals surface area contributed by atoms with E-state index in [2.05, 4.69) is 15.5 Å². The first-order chi connectivity index (χ1) is 16.2. The third-order valence-corrected chi connectivity index (χ3v) is 5.35. The molecule has 7 heteroatoms. The van der Waals surface area contributed by atoms with Gasteiger partial charge in [0, 0.05) is 18.4 Å². The van der Waals surface area contributed by atoms with Crippen molar-refractivity contribution in [3.63, 3.8) is 0 Å². The van der Waals surface area contributed by atoms with Crippen LogP contribution in [0.15, 0.2) is 83.4 Å². The average Bonchev–Trinajstić information content (AvgIpc) is 3.35. The van der Waals surface area contributed by atoms with Crippen molar-refractivity contribution in [2.75, 3.05) is 14.2 Å². The van der Waals surface area contributed by atoms with E-state index >= 15 is 0 Å². The topological polar surface area (TPSA) is 86.5 Å². The van der Waals surface area contributed by atoms with Crippen LogP contribution in [0.25, 0.3) is 11.4 Å². The number of rotatable bonds is 9. The Kier molecular flexibility index (Phi) is 6.99. The van der Waals surface area contributed by atoms with Crippen LogP contribution < -0.4 is 14.8 Å². The third-order valence-electron chi connectivity index (χ3n) is 5.35. The molecule has 0 spiro atoms. The van der Waals surface area contributed by atoms with Gasteiger partial charge in [0.2, 0.25) is 17.6 Å². The molecule has 0 aliphatic carbocycles. The lowest BCUT2D eigenvalue weighted by molar-refractivity contribution is -0.121. The molecule has 0 aliphatic heterocycles. The number of carbonyl (C=O) groups is 1. The molecule has 0 radical (unpaired) electrons. The van der Waals surface area contributed by atoms with Gasteiger partial charge in [0.15, 0.2) is 0 Å². The molecule has 0 saturated carbocycles. The Morgan fingerprint density at radius 2 is 1.61 bits per heavy atom. The number of nitrogens with zero attached hydrogens (tertiary/aromatic N) is 2. The summed E-state index contributed by atoms with van der Waals surface area (Å²) in [6, 6.07) is 25.4. The minimum Gasteiger partial charge on any atom is -0.497 e. The van der Waals surface area contributed by atoms with Crippen molar-refractivity contribution in [1.29, 1.82) is 0 Å². The summed E-state index contributed by atoms with van der Waals surface area (Å²) in [6.07, 6.45) is 0.307. The second-order valence-electron chi connectivity index (χ2n) is 7.43. The normalized spacial score (nSPS) is 10.8. The lowest BCUT2D eigenvalue weighted by Gasteiger charge is -2.17.